The summed E-state index contributed by atoms with van der Waals surface area (Å²) in [5.41, 5.74) is 0.967. The highest BCUT2D eigenvalue weighted by atomic mass is 79.9. The van der Waals surface area contributed by atoms with Crippen LogP contribution in [-0.2, 0) is 0 Å². The third kappa shape index (κ3) is 2.48. The number of ether oxygens (including phenoxy) is 1. The number of hydrogen-bond acceptors (Lipinski definition) is 2. The number of nitrogens with zero attached hydrogens (tertiary/aromatic N) is 1. The summed E-state index contributed by atoms with van der Waals surface area (Å²) in [4.78, 5) is 4.12. The molecule has 0 saturated heterocycles. The zero-order valence-corrected chi connectivity index (χ0v) is 9.05. The standard InChI is InChI=1S/C9H12BrNO/c1-6(2)12-9-4-7(3)11-5-8(9)10/h4-6H,1-3H3. The van der Waals surface area contributed by atoms with Crippen molar-refractivity contribution in [1.29, 1.82) is 0 Å². The molecule has 12 heavy (non-hydrogen) atoms. The van der Waals surface area contributed by atoms with Crippen molar-refractivity contribution in [3.63, 3.8) is 0 Å². The first-order valence-electron chi connectivity index (χ1n) is 3.88. The van der Waals surface area contributed by atoms with Gasteiger partial charge in [-0.05, 0) is 36.7 Å². The SMILES string of the molecule is Cc1cc(OC(C)C)c(Br)cn1. The van der Waals surface area contributed by atoms with Crippen LogP contribution in [0.15, 0.2) is 16.7 Å². The molecule has 0 N–H and O–H groups in total. The van der Waals surface area contributed by atoms with Crippen molar-refractivity contribution in [3.8, 4) is 5.75 Å². The van der Waals surface area contributed by atoms with Crippen LogP contribution in [-0.4, -0.2) is 11.1 Å². The van der Waals surface area contributed by atoms with E-state index in [-0.39, 0.29) is 6.10 Å². The second-order valence-corrected chi connectivity index (χ2v) is 3.78. The fraction of sp³-hybridized carbons (Fsp3) is 0.444. The van der Waals surface area contributed by atoms with Crippen LogP contribution in [0.25, 0.3) is 0 Å². The number of rotatable bonds is 2. The van der Waals surface area contributed by atoms with E-state index in [0.29, 0.717) is 0 Å². The van der Waals surface area contributed by atoms with Gasteiger partial charge in [-0.15, -0.1) is 0 Å². The summed E-state index contributed by atoms with van der Waals surface area (Å²) in [6.07, 6.45) is 1.95. The van der Waals surface area contributed by atoms with Gasteiger partial charge >= 0.3 is 0 Å². The second-order valence-electron chi connectivity index (χ2n) is 2.92. The maximum atomic E-state index is 5.54. The van der Waals surface area contributed by atoms with Crippen LogP contribution < -0.4 is 4.74 Å². The molecule has 0 aliphatic rings. The van der Waals surface area contributed by atoms with Crippen LogP contribution in [0.1, 0.15) is 19.5 Å². The second kappa shape index (κ2) is 3.90. The van der Waals surface area contributed by atoms with E-state index in [2.05, 4.69) is 20.9 Å². The van der Waals surface area contributed by atoms with E-state index < -0.39 is 0 Å². The Morgan fingerprint density at radius 3 is 2.75 bits per heavy atom. The normalized spacial score (nSPS) is 10.4. The van der Waals surface area contributed by atoms with Crippen LogP contribution in [0, 0.1) is 6.92 Å². The van der Waals surface area contributed by atoms with Crippen molar-refractivity contribution in [1.82, 2.24) is 4.98 Å². The lowest BCUT2D eigenvalue weighted by Gasteiger charge is -2.11. The van der Waals surface area contributed by atoms with Crippen molar-refractivity contribution < 1.29 is 4.74 Å². The summed E-state index contributed by atoms with van der Waals surface area (Å²) < 4.78 is 6.44. The molecule has 0 saturated carbocycles. The van der Waals surface area contributed by atoms with Crippen molar-refractivity contribution >= 4 is 15.9 Å². The molecule has 0 fully saturated rings. The van der Waals surface area contributed by atoms with Gasteiger partial charge in [0.25, 0.3) is 0 Å². The molecule has 1 heterocycles. The van der Waals surface area contributed by atoms with Gasteiger partial charge in [-0.3, -0.25) is 4.98 Å². The number of aryl methyl sites for hydroxylation is 1. The van der Waals surface area contributed by atoms with E-state index in [4.69, 9.17) is 4.74 Å². The molecule has 0 atom stereocenters. The number of hydrogen-bond donors (Lipinski definition) is 0. The van der Waals surface area contributed by atoms with Gasteiger partial charge in [0.15, 0.2) is 0 Å². The summed E-state index contributed by atoms with van der Waals surface area (Å²) in [6.45, 7) is 5.95. The molecular weight excluding hydrogens is 218 g/mol. The molecule has 2 nitrogen and oxygen atoms in total. The van der Waals surface area contributed by atoms with Crippen molar-refractivity contribution in [3.05, 3.63) is 22.4 Å². The van der Waals surface area contributed by atoms with Gasteiger partial charge in [0.05, 0.1) is 10.6 Å². The topological polar surface area (TPSA) is 22.1 Å². The monoisotopic (exact) mass is 229 g/mol. The van der Waals surface area contributed by atoms with Crippen molar-refractivity contribution in [2.45, 2.75) is 26.9 Å². The van der Waals surface area contributed by atoms with E-state index in [1.54, 1.807) is 6.20 Å². The van der Waals surface area contributed by atoms with E-state index in [1.807, 2.05) is 26.8 Å². The average molecular weight is 230 g/mol. The lowest BCUT2D eigenvalue weighted by molar-refractivity contribution is 0.240. The van der Waals surface area contributed by atoms with E-state index in [0.717, 1.165) is 15.9 Å². The Hall–Kier alpha value is -0.570. The quantitative estimate of drug-likeness (QED) is 0.779. The first kappa shape index (κ1) is 9.52. The summed E-state index contributed by atoms with van der Waals surface area (Å²) in [5, 5.41) is 0. The molecule has 1 aromatic rings. The summed E-state index contributed by atoms with van der Waals surface area (Å²) >= 11 is 3.37. The Kier molecular flexibility index (Phi) is 3.09. The average Bonchev–Trinajstić information content (AvgIpc) is 1.96. The molecule has 0 spiro atoms. The lowest BCUT2D eigenvalue weighted by Crippen LogP contribution is -2.06. The van der Waals surface area contributed by atoms with Gasteiger partial charge in [-0.25, -0.2) is 0 Å². The predicted octanol–water partition coefficient (Wildman–Crippen LogP) is 2.94. The Morgan fingerprint density at radius 2 is 2.17 bits per heavy atom. The molecule has 0 bridgehead atoms. The molecule has 1 aromatic heterocycles. The number of pyridine rings is 1. The highest BCUT2D eigenvalue weighted by molar-refractivity contribution is 9.10. The minimum atomic E-state index is 0.197. The highest BCUT2D eigenvalue weighted by Gasteiger charge is 2.03. The van der Waals surface area contributed by atoms with E-state index in [1.165, 1.54) is 0 Å². The Morgan fingerprint density at radius 1 is 1.50 bits per heavy atom. The summed E-state index contributed by atoms with van der Waals surface area (Å²) in [5.74, 6) is 0.859. The third-order valence-electron chi connectivity index (χ3n) is 1.32. The molecule has 0 radical (unpaired) electrons. The molecule has 66 valence electrons. The number of aromatic nitrogens is 1. The Labute approximate surface area is 81.1 Å². The van der Waals surface area contributed by atoms with Gasteiger partial charge < -0.3 is 4.74 Å². The minimum absolute atomic E-state index is 0.197. The molecule has 0 amide bonds. The maximum Gasteiger partial charge on any atom is 0.137 e. The third-order valence-corrected chi connectivity index (χ3v) is 1.92. The van der Waals surface area contributed by atoms with Crippen LogP contribution in [0.2, 0.25) is 0 Å². The molecule has 0 aromatic carbocycles. The number of halogens is 1. The van der Waals surface area contributed by atoms with E-state index in [9.17, 15) is 0 Å². The highest BCUT2D eigenvalue weighted by Crippen LogP contribution is 2.24. The van der Waals surface area contributed by atoms with Crippen molar-refractivity contribution in [2.24, 2.45) is 0 Å². The molecular formula is C9H12BrNO. The van der Waals surface area contributed by atoms with Crippen molar-refractivity contribution in [2.75, 3.05) is 0 Å². The molecule has 0 unspecified atom stereocenters. The molecule has 0 aliphatic carbocycles. The zero-order chi connectivity index (χ0) is 9.14. The summed E-state index contributed by atoms with van der Waals surface area (Å²) in [6, 6.07) is 1.92. The van der Waals surface area contributed by atoms with Crippen LogP contribution >= 0.6 is 15.9 Å². The van der Waals surface area contributed by atoms with Crippen LogP contribution in [0.4, 0.5) is 0 Å². The zero-order valence-electron chi connectivity index (χ0n) is 7.47. The van der Waals surface area contributed by atoms with Gasteiger partial charge in [0, 0.05) is 18.0 Å². The Bertz CT molecular complexity index is 273. The fourth-order valence-corrected chi connectivity index (χ4v) is 1.17. The first-order valence-corrected chi connectivity index (χ1v) is 4.67. The van der Waals surface area contributed by atoms with Gasteiger partial charge in [0.1, 0.15) is 5.75 Å². The largest absolute Gasteiger partial charge is 0.490 e. The first-order chi connectivity index (χ1) is 5.59. The molecule has 3 heteroatoms. The predicted molar refractivity (Wildman–Crippen MR) is 52.4 cm³/mol. The summed E-state index contributed by atoms with van der Waals surface area (Å²) in [7, 11) is 0. The van der Waals surface area contributed by atoms with Crippen LogP contribution in [0.3, 0.4) is 0 Å². The minimum Gasteiger partial charge on any atom is -0.490 e. The molecule has 0 aliphatic heterocycles. The van der Waals surface area contributed by atoms with Gasteiger partial charge in [0.2, 0.25) is 0 Å². The fourth-order valence-electron chi connectivity index (χ4n) is 0.862. The maximum absolute atomic E-state index is 5.54. The smallest absolute Gasteiger partial charge is 0.137 e. The van der Waals surface area contributed by atoms with E-state index >= 15 is 0 Å². The Balaban J connectivity index is 2.90. The van der Waals surface area contributed by atoms with Gasteiger partial charge in [-0.2, -0.15) is 0 Å². The lowest BCUT2D eigenvalue weighted by atomic mass is 10.3. The van der Waals surface area contributed by atoms with Gasteiger partial charge in [-0.1, -0.05) is 0 Å². The van der Waals surface area contributed by atoms with Crippen LogP contribution in [0.5, 0.6) is 5.75 Å². The molecule has 1 rings (SSSR count).